The molecule has 0 spiro atoms. The molecule has 0 fully saturated rings. The number of nitriles is 2. The van der Waals surface area contributed by atoms with Crippen LogP contribution in [-0.4, -0.2) is 18.1 Å². The number of nitrogens with zero attached hydrogens (tertiary/aromatic N) is 4. The highest BCUT2D eigenvalue weighted by Gasteiger charge is 2.10. The van der Waals surface area contributed by atoms with Gasteiger partial charge in [0.2, 0.25) is 0 Å². The van der Waals surface area contributed by atoms with Gasteiger partial charge in [0, 0.05) is 13.1 Å². The van der Waals surface area contributed by atoms with Gasteiger partial charge in [-0.2, -0.15) is 10.5 Å². The van der Waals surface area contributed by atoms with Gasteiger partial charge in [0.15, 0.2) is 10.7 Å². The van der Waals surface area contributed by atoms with Crippen LogP contribution in [0.3, 0.4) is 0 Å². The summed E-state index contributed by atoms with van der Waals surface area (Å²) in [4.78, 5) is 6.60. The van der Waals surface area contributed by atoms with Crippen LogP contribution in [0.2, 0.25) is 0 Å². The number of anilines is 1. The van der Waals surface area contributed by atoms with Crippen molar-refractivity contribution in [1.29, 1.82) is 10.5 Å². The molecule has 0 atom stereocenters. The molecule has 1 heterocycles. The van der Waals surface area contributed by atoms with E-state index in [0.717, 1.165) is 22.8 Å². The smallest absolute Gasteiger partial charge is 0.186 e. The van der Waals surface area contributed by atoms with E-state index in [4.69, 9.17) is 10.5 Å². The summed E-state index contributed by atoms with van der Waals surface area (Å²) in [7, 11) is 0. The van der Waals surface area contributed by atoms with Crippen LogP contribution in [0.15, 0.2) is 0 Å². The Morgan fingerprint density at radius 1 is 1.32 bits per heavy atom. The Kier molecular flexibility index (Phi) is 5.54. The summed E-state index contributed by atoms with van der Waals surface area (Å²) in [6, 6.07) is 3.86. The van der Waals surface area contributed by atoms with Gasteiger partial charge in [0.05, 0.1) is 4.53 Å². The molecule has 4 nitrogen and oxygen atoms in total. The van der Waals surface area contributed by atoms with Crippen LogP contribution in [0.5, 0.6) is 0 Å². The summed E-state index contributed by atoms with van der Waals surface area (Å²) >= 11 is 1.54. The molecule has 0 amide bonds. The third-order valence-corrected chi connectivity index (χ3v) is 3.70. The molecule has 100 valence electrons. The highest BCUT2D eigenvalue weighted by atomic mass is 32.1. The number of aromatic nitrogens is 1. The van der Waals surface area contributed by atoms with Crippen LogP contribution < -0.4 is 14.8 Å². The van der Waals surface area contributed by atoms with E-state index in [1.165, 1.54) is 0 Å². The van der Waals surface area contributed by atoms with Crippen molar-refractivity contribution in [1.82, 2.24) is 4.98 Å². The van der Waals surface area contributed by atoms with Crippen molar-refractivity contribution in [3.63, 3.8) is 0 Å². The van der Waals surface area contributed by atoms with Crippen molar-refractivity contribution < 1.29 is 0 Å². The molecule has 0 aliphatic carbocycles. The minimum Gasteiger partial charge on any atom is -0.349 e. The van der Waals surface area contributed by atoms with E-state index < -0.39 is 0 Å². The molecule has 0 radical (unpaired) electrons. The molecule has 0 bridgehead atoms. The van der Waals surface area contributed by atoms with Gasteiger partial charge in [-0.05, 0) is 19.8 Å². The Bertz CT molecular complexity index is 608. The van der Waals surface area contributed by atoms with Gasteiger partial charge in [-0.25, -0.2) is 4.98 Å². The first-order valence-electron chi connectivity index (χ1n) is 6.35. The molecule has 0 saturated heterocycles. The summed E-state index contributed by atoms with van der Waals surface area (Å²) in [5.74, 6) is 0.349. The Morgan fingerprint density at radius 3 is 2.32 bits per heavy atom. The van der Waals surface area contributed by atoms with E-state index in [1.54, 1.807) is 11.3 Å². The lowest BCUT2D eigenvalue weighted by molar-refractivity contribution is 0.857. The Balaban J connectivity index is 3.61. The fourth-order valence-electron chi connectivity index (χ4n) is 1.68. The first-order valence-corrected chi connectivity index (χ1v) is 7.17. The summed E-state index contributed by atoms with van der Waals surface area (Å²) in [6.07, 6.45) is 2.05. The van der Waals surface area contributed by atoms with Crippen molar-refractivity contribution in [2.75, 3.05) is 18.0 Å². The zero-order valence-electron chi connectivity index (χ0n) is 11.8. The fourth-order valence-corrected chi connectivity index (χ4v) is 2.98. The largest absolute Gasteiger partial charge is 0.349 e. The average molecular weight is 274 g/mol. The standard InChI is InChI=1S/C14H18N4S/c1-5-18(6-2)14-17-13(11(8-15)9-16)12(19-14)7-10(3)4/h7,10H,5-6H2,1-4H3/b12-7-. The SMILES string of the molecule is CCN(CC)c1nc(=C(C#N)C#N)/c(=C/C(C)C)s1. The first-order chi connectivity index (χ1) is 9.07. The van der Waals surface area contributed by atoms with E-state index in [-0.39, 0.29) is 5.57 Å². The number of rotatable bonds is 4. The second kappa shape index (κ2) is 6.92. The normalized spacial score (nSPS) is 11.2. The fraction of sp³-hybridized carbons (Fsp3) is 0.500. The second-order valence-corrected chi connectivity index (χ2v) is 5.40. The third kappa shape index (κ3) is 3.56. The Labute approximate surface area is 117 Å². The molecule has 5 heteroatoms. The van der Waals surface area contributed by atoms with Crippen molar-refractivity contribution in [2.45, 2.75) is 27.7 Å². The van der Waals surface area contributed by atoms with E-state index >= 15 is 0 Å². The highest BCUT2D eigenvalue weighted by molar-refractivity contribution is 7.13. The monoisotopic (exact) mass is 274 g/mol. The molecule has 1 rings (SSSR count). The average Bonchev–Trinajstić information content (AvgIpc) is 2.76. The van der Waals surface area contributed by atoms with Crippen LogP contribution >= 0.6 is 11.3 Å². The lowest BCUT2D eigenvalue weighted by Gasteiger charge is -2.16. The van der Waals surface area contributed by atoms with Gasteiger partial charge in [-0.3, -0.25) is 0 Å². The van der Waals surface area contributed by atoms with Gasteiger partial charge in [-0.1, -0.05) is 31.3 Å². The maximum atomic E-state index is 9.03. The van der Waals surface area contributed by atoms with E-state index in [1.807, 2.05) is 12.1 Å². The molecule has 19 heavy (non-hydrogen) atoms. The molecule has 0 unspecified atom stereocenters. The van der Waals surface area contributed by atoms with Gasteiger partial charge < -0.3 is 4.90 Å². The molecule has 0 aliphatic heterocycles. The summed E-state index contributed by atoms with van der Waals surface area (Å²) in [5.41, 5.74) is 0.0848. The molecular weight excluding hydrogens is 256 g/mol. The summed E-state index contributed by atoms with van der Waals surface area (Å²) in [5, 5.41) is 19.4. The highest BCUT2D eigenvalue weighted by Crippen LogP contribution is 2.12. The molecule has 0 N–H and O–H groups in total. The Hall–Kier alpha value is -1.85. The summed E-state index contributed by atoms with van der Waals surface area (Å²) < 4.78 is 0.912. The van der Waals surface area contributed by atoms with Crippen LogP contribution in [-0.2, 0) is 0 Å². The van der Waals surface area contributed by atoms with Gasteiger partial charge >= 0.3 is 0 Å². The van der Waals surface area contributed by atoms with Crippen molar-refractivity contribution in [3.05, 3.63) is 9.88 Å². The van der Waals surface area contributed by atoms with Crippen LogP contribution in [0.25, 0.3) is 11.6 Å². The molecule has 0 saturated carbocycles. The van der Waals surface area contributed by atoms with Crippen LogP contribution in [0.1, 0.15) is 27.7 Å². The topological polar surface area (TPSA) is 63.7 Å². The van der Waals surface area contributed by atoms with E-state index in [0.29, 0.717) is 11.3 Å². The maximum absolute atomic E-state index is 9.03. The molecule has 0 aromatic carbocycles. The van der Waals surface area contributed by atoms with E-state index in [2.05, 4.69) is 43.7 Å². The van der Waals surface area contributed by atoms with Gasteiger partial charge in [-0.15, -0.1) is 0 Å². The zero-order chi connectivity index (χ0) is 14.4. The number of hydrogen-bond donors (Lipinski definition) is 0. The van der Waals surface area contributed by atoms with Crippen LogP contribution in [0, 0.1) is 28.6 Å². The molecular formula is C14H18N4S. The van der Waals surface area contributed by atoms with Crippen LogP contribution in [0.4, 0.5) is 5.13 Å². The lowest BCUT2D eigenvalue weighted by Crippen LogP contribution is -2.25. The number of thiazole rings is 1. The number of hydrogen-bond acceptors (Lipinski definition) is 5. The molecule has 1 aromatic rings. The minimum absolute atomic E-state index is 0.0848. The molecule has 0 aliphatic rings. The van der Waals surface area contributed by atoms with Crippen molar-refractivity contribution >= 4 is 28.1 Å². The van der Waals surface area contributed by atoms with E-state index in [9.17, 15) is 0 Å². The van der Waals surface area contributed by atoms with Crippen molar-refractivity contribution in [3.8, 4) is 12.1 Å². The van der Waals surface area contributed by atoms with Gasteiger partial charge in [0.1, 0.15) is 17.5 Å². The molecule has 1 aromatic heterocycles. The predicted molar refractivity (Wildman–Crippen MR) is 78.9 cm³/mol. The summed E-state index contributed by atoms with van der Waals surface area (Å²) in [6.45, 7) is 9.99. The quantitative estimate of drug-likeness (QED) is 0.837. The Morgan fingerprint density at radius 2 is 1.89 bits per heavy atom. The second-order valence-electron chi connectivity index (χ2n) is 4.39. The minimum atomic E-state index is 0.0848. The van der Waals surface area contributed by atoms with Crippen molar-refractivity contribution in [2.24, 2.45) is 5.92 Å². The maximum Gasteiger partial charge on any atom is 0.186 e. The lowest BCUT2D eigenvalue weighted by atomic mass is 10.2. The zero-order valence-corrected chi connectivity index (χ0v) is 12.6. The van der Waals surface area contributed by atoms with Gasteiger partial charge in [0.25, 0.3) is 0 Å². The third-order valence-electron chi connectivity index (χ3n) is 2.62. The first kappa shape index (κ1) is 15.2. The predicted octanol–water partition coefficient (Wildman–Crippen LogP) is 1.62.